The Hall–Kier alpha value is -0.530. The molecule has 1 saturated heterocycles. The molecule has 0 N–H and O–H groups in total. The summed E-state index contributed by atoms with van der Waals surface area (Å²) in [7, 11) is 0. The molecule has 0 aromatic heterocycles. The Kier molecular flexibility index (Phi) is 1.84. The minimum Gasteiger partial charge on any atom is -0.358 e. The van der Waals surface area contributed by atoms with Crippen molar-refractivity contribution >= 4 is 5.84 Å². The summed E-state index contributed by atoms with van der Waals surface area (Å²) in [6, 6.07) is 0.753. The van der Waals surface area contributed by atoms with E-state index in [2.05, 4.69) is 16.8 Å². The molecule has 0 aromatic rings. The van der Waals surface area contributed by atoms with Gasteiger partial charge < -0.3 is 4.90 Å². The van der Waals surface area contributed by atoms with Crippen LogP contribution in [0.1, 0.15) is 32.6 Å². The van der Waals surface area contributed by atoms with Crippen molar-refractivity contribution in [2.24, 2.45) is 4.99 Å². The molecule has 0 bridgehead atoms. The monoisotopic (exact) mass is 152 g/mol. The highest BCUT2D eigenvalue weighted by atomic mass is 15.2. The number of rotatable bonds is 0. The van der Waals surface area contributed by atoms with E-state index in [-0.39, 0.29) is 0 Å². The van der Waals surface area contributed by atoms with E-state index in [0.29, 0.717) is 0 Å². The summed E-state index contributed by atoms with van der Waals surface area (Å²) in [6.07, 6.45) is 5.19. The molecule has 0 aromatic carbocycles. The number of hydrogen-bond acceptors (Lipinski definition) is 2. The zero-order valence-corrected chi connectivity index (χ0v) is 7.21. The van der Waals surface area contributed by atoms with E-state index in [4.69, 9.17) is 0 Å². The molecular formula is C9H16N2. The molecule has 0 aliphatic carbocycles. The van der Waals surface area contributed by atoms with Gasteiger partial charge in [0.2, 0.25) is 0 Å². The number of amidine groups is 1. The van der Waals surface area contributed by atoms with Gasteiger partial charge in [-0.25, -0.2) is 0 Å². The van der Waals surface area contributed by atoms with Crippen LogP contribution in [0.5, 0.6) is 0 Å². The maximum atomic E-state index is 4.54. The predicted octanol–water partition coefficient (Wildman–Crippen LogP) is 1.66. The van der Waals surface area contributed by atoms with Crippen LogP contribution in [0.2, 0.25) is 0 Å². The summed E-state index contributed by atoms with van der Waals surface area (Å²) < 4.78 is 0. The number of piperidine rings is 1. The second kappa shape index (κ2) is 2.84. The summed E-state index contributed by atoms with van der Waals surface area (Å²) in [5.41, 5.74) is 0. The highest BCUT2D eigenvalue weighted by Gasteiger charge is 2.23. The number of hydrogen-bond donors (Lipinski definition) is 0. The Balaban J connectivity index is 2.13. The largest absolute Gasteiger partial charge is 0.358 e. The van der Waals surface area contributed by atoms with E-state index >= 15 is 0 Å². The molecule has 1 fully saturated rings. The Morgan fingerprint density at radius 3 is 3.18 bits per heavy atom. The molecule has 2 rings (SSSR count). The first-order valence-corrected chi connectivity index (χ1v) is 4.68. The van der Waals surface area contributed by atoms with E-state index < -0.39 is 0 Å². The molecule has 62 valence electrons. The Morgan fingerprint density at radius 1 is 1.45 bits per heavy atom. The van der Waals surface area contributed by atoms with E-state index in [9.17, 15) is 0 Å². The molecular weight excluding hydrogens is 136 g/mol. The molecule has 2 nitrogen and oxygen atoms in total. The first kappa shape index (κ1) is 7.14. The lowest BCUT2D eigenvalue weighted by molar-refractivity contribution is 0.267. The van der Waals surface area contributed by atoms with Crippen molar-refractivity contribution < 1.29 is 0 Å². The Morgan fingerprint density at radius 2 is 2.36 bits per heavy atom. The SMILES string of the molecule is CC1CCCC2=NCCCN21. The summed E-state index contributed by atoms with van der Waals surface area (Å²) >= 11 is 0. The number of aliphatic imine (C=N–C) groups is 1. The fourth-order valence-electron chi connectivity index (χ4n) is 2.08. The topological polar surface area (TPSA) is 15.6 Å². The molecule has 11 heavy (non-hydrogen) atoms. The van der Waals surface area contributed by atoms with Gasteiger partial charge >= 0.3 is 0 Å². The van der Waals surface area contributed by atoms with Gasteiger partial charge in [0.1, 0.15) is 0 Å². The van der Waals surface area contributed by atoms with Crippen molar-refractivity contribution in [1.82, 2.24) is 4.90 Å². The third-order valence-corrected chi connectivity index (χ3v) is 2.74. The quantitative estimate of drug-likeness (QED) is 0.515. The maximum absolute atomic E-state index is 4.54. The van der Waals surface area contributed by atoms with Gasteiger partial charge in [0.15, 0.2) is 0 Å². The first-order chi connectivity index (χ1) is 5.38. The summed E-state index contributed by atoms with van der Waals surface area (Å²) in [6.45, 7) is 4.64. The average Bonchev–Trinajstić information content (AvgIpc) is 2.06. The van der Waals surface area contributed by atoms with Gasteiger partial charge in [-0.05, 0) is 26.2 Å². The van der Waals surface area contributed by atoms with E-state index in [1.807, 2.05) is 0 Å². The third-order valence-electron chi connectivity index (χ3n) is 2.74. The fourth-order valence-corrected chi connectivity index (χ4v) is 2.08. The normalized spacial score (nSPS) is 31.2. The molecule has 2 heteroatoms. The van der Waals surface area contributed by atoms with Crippen molar-refractivity contribution in [3.05, 3.63) is 0 Å². The Labute approximate surface area is 68.3 Å². The van der Waals surface area contributed by atoms with Crippen LogP contribution in [0, 0.1) is 0 Å². The van der Waals surface area contributed by atoms with Crippen molar-refractivity contribution in [3.63, 3.8) is 0 Å². The smallest absolute Gasteiger partial charge is 0.0991 e. The summed E-state index contributed by atoms with van der Waals surface area (Å²) in [5, 5.41) is 0. The second-order valence-electron chi connectivity index (χ2n) is 3.59. The fraction of sp³-hybridized carbons (Fsp3) is 0.889. The molecule has 1 atom stereocenters. The number of fused-ring (bicyclic) bond motifs is 1. The van der Waals surface area contributed by atoms with Gasteiger partial charge in [0.05, 0.1) is 5.84 Å². The van der Waals surface area contributed by atoms with Crippen LogP contribution in [0.4, 0.5) is 0 Å². The third kappa shape index (κ3) is 1.26. The van der Waals surface area contributed by atoms with Crippen LogP contribution < -0.4 is 0 Å². The van der Waals surface area contributed by atoms with Gasteiger partial charge in [0, 0.05) is 25.6 Å². The van der Waals surface area contributed by atoms with Crippen LogP contribution in [0.3, 0.4) is 0 Å². The zero-order valence-electron chi connectivity index (χ0n) is 7.21. The van der Waals surface area contributed by atoms with Gasteiger partial charge in [-0.15, -0.1) is 0 Å². The highest BCUT2D eigenvalue weighted by Crippen LogP contribution is 2.21. The number of nitrogens with zero attached hydrogens (tertiary/aromatic N) is 2. The molecule has 0 radical (unpaired) electrons. The van der Waals surface area contributed by atoms with Gasteiger partial charge in [-0.3, -0.25) is 4.99 Å². The van der Waals surface area contributed by atoms with Crippen molar-refractivity contribution in [2.75, 3.05) is 13.1 Å². The van der Waals surface area contributed by atoms with Crippen molar-refractivity contribution in [1.29, 1.82) is 0 Å². The second-order valence-corrected chi connectivity index (χ2v) is 3.59. The van der Waals surface area contributed by atoms with Crippen LogP contribution >= 0.6 is 0 Å². The minimum absolute atomic E-state index is 0.753. The van der Waals surface area contributed by atoms with Crippen molar-refractivity contribution in [3.8, 4) is 0 Å². The minimum atomic E-state index is 0.753. The Bertz CT molecular complexity index is 174. The maximum Gasteiger partial charge on any atom is 0.0991 e. The van der Waals surface area contributed by atoms with Crippen LogP contribution in [0.25, 0.3) is 0 Å². The molecule has 2 aliphatic heterocycles. The summed E-state index contributed by atoms with van der Waals surface area (Å²) in [5.74, 6) is 1.38. The molecule has 2 aliphatic rings. The molecule has 2 heterocycles. The standard InChI is InChI=1S/C9H16N2/c1-8-4-2-5-9-10-6-3-7-11(8)9/h8H,2-7H2,1H3. The lowest BCUT2D eigenvalue weighted by atomic mass is 10.0. The van der Waals surface area contributed by atoms with Crippen molar-refractivity contribution in [2.45, 2.75) is 38.6 Å². The van der Waals surface area contributed by atoms with Crippen LogP contribution in [-0.4, -0.2) is 29.9 Å². The van der Waals surface area contributed by atoms with E-state index in [1.165, 1.54) is 38.1 Å². The highest BCUT2D eigenvalue weighted by molar-refractivity contribution is 5.83. The van der Waals surface area contributed by atoms with Crippen LogP contribution in [-0.2, 0) is 0 Å². The molecule has 1 unspecified atom stereocenters. The molecule has 0 saturated carbocycles. The first-order valence-electron chi connectivity index (χ1n) is 4.68. The summed E-state index contributed by atoms with van der Waals surface area (Å²) in [4.78, 5) is 7.04. The van der Waals surface area contributed by atoms with E-state index in [1.54, 1.807) is 0 Å². The predicted molar refractivity (Wildman–Crippen MR) is 46.9 cm³/mol. The van der Waals surface area contributed by atoms with Crippen LogP contribution in [0.15, 0.2) is 4.99 Å². The molecule has 0 spiro atoms. The lowest BCUT2D eigenvalue weighted by Crippen LogP contribution is -2.44. The average molecular weight is 152 g/mol. The van der Waals surface area contributed by atoms with E-state index in [0.717, 1.165) is 12.6 Å². The lowest BCUT2D eigenvalue weighted by Gasteiger charge is -2.38. The van der Waals surface area contributed by atoms with Gasteiger partial charge in [-0.2, -0.15) is 0 Å². The van der Waals surface area contributed by atoms with Gasteiger partial charge in [0.25, 0.3) is 0 Å². The molecule has 0 amide bonds. The zero-order chi connectivity index (χ0) is 7.68. The van der Waals surface area contributed by atoms with Gasteiger partial charge in [-0.1, -0.05) is 0 Å².